The maximum atomic E-state index is 11.1. The van der Waals surface area contributed by atoms with Gasteiger partial charge in [0.05, 0.1) is 12.5 Å². The monoisotopic (exact) mass is 257 g/mol. The smallest absolute Gasteiger partial charge is 0.306 e. The van der Waals surface area contributed by atoms with Crippen molar-refractivity contribution in [2.45, 2.75) is 39.5 Å². The summed E-state index contributed by atoms with van der Waals surface area (Å²) in [5.74, 6) is 0.0847. The van der Waals surface area contributed by atoms with Crippen molar-refractivity contribution in [3.63, 3.8) is 0 Å². The van der Waals surface area contributed by atoms with Crippen LogP contribution in [0, 0.1) is 17.8 Å². The van der Waals surface area contributed by atoms with Crippen molar-refractivity contribution >= 4 is 5.97 Å². The van der Waals surface area contributed by atoms with Gasteiger partial charge in [-0.3, -0.25) is 4.79 Å². The summed E-state index contributed by atoms with van der Waals surface area (Å²) in [5.41, 5.74) is 0. The largest absolute Gasteiger partial charge is 0.481 e. The summed E-state index contributed by atoms with van der Waals surface area (Å²) in [5, 5.41) is 12.5. The highest BCUT2D eigenvalue weighted by atomic mass is 16.5. The van der Waals surface area contributed by atoms with E-state index in [1.54, 1.807) is 0 Å². The molecule has 0 aromatic carbocycles. The quantitative estimate of drug-likeness (QED) is 0.654. The summed E-state index contributed by atoms with van der Waals surface area (Å²) in [6.07, 6.45) is 4.10. The number of nitrogens with one attached hydrogen (secondary N) is 1. The van der Waals surface area contributed by atoms with Gasteiger partial charge in [0.15, 0.2) is 0 Å². The predicted octanol–water partition coefficient (Wildman–Crippen LogP) is 2.14. The van der Waals surface area contributed by atoms with Crippen LogP contribution in [0.15, 0.2) is 0 Å². The molecule has 1 aliphatic carbocycles. The lowest BCUT2D eigenvalue weighted by atomic mass is 9.79. The normalized spacial score (nSPS) is 24.4. The van der Waals surface area contributed by atoms with Gasteiger partial charge in [0.1, 0.15) is 0 Å². The molecule has 0 aromatic heterocycles. The third kappa shape index (κ3) is 5.83. The van der Waals surface area contributed by atoms with Gasteiger partial charge < -0.3 is 15.2 Å². The fourth-order valence-corrected chi connectivity index (χ4v) is 2.53. The van der Waals surface area contributed by atoms with E-state index in [4.69, 9.17) is 9.84 Å². The van der Waals surface area contributed by atoms with Crippen molar-refractivity contribution < 1.29 is 14.6 Å². The van der Waals surface area contributed by atoms with E-state index in [-0.39, 0.29) is 5.92 Å². The summed E-state index contributed by atoms with van der Waals surface area (Å²) < 4.78 is 5.48. The molecule has 4 heteroatoms. The van der Waals surface area contributed by atoms with Crippen LogP contribution < -0.4 is 5.32 Å². The number of hydrogen-bond acceptors (Lipinski definition) is 3. The molecule has 0 spiro atoms. The van der Waals surface area contributed by atoms with Gasteiger partial charge in [-0.15, -0.1) is 0 Å². The minimum atomic E-state index is -0.627. The van der Waals surface area contributed by atoms with Crippen LogP contribution in [0.25, 0.3) is 0 Å². The molecule has 1 rings (SSSR count). The van der Waals surface area contributed by atoms with Crippen molar-refractivity contribution in [1.82, 2.24) is 5.32 Å². The Labute approximate surface area is 110 Å². The molecule has 2 unspecified atom stereocenters. The zero-order chi connectivity index (χ0) is 13.4. The van der Waals surface area contributed by atoms with E-state index in [1.165, 1.54) is 6.42 Å². The number of ether oxygens (including phenoxy) is 1. The van der Waals surface area contributed by atoms with Crippen LogP contribution in [0.1, 0.15) is 39.5 Å². The van der Waals surface area contributed by atoms with Crippen molar-refractivity contribution in [1.29, 1.82) is 0 Å². The Morgan fingerprint density at radius 1 is 1.39 bits per heavy atom. The van der Waals surface area contributed by atoms with E-state index < -0.39 is 5.97 Å². The second kappa shape index (κ2) is 8.48. The first-order valence-corrected chi connectivity index (χ1v) is 7.12. The summed E-state index contributed by atoms with van der Waals surface area (Å²) in [6.45, 7) is 7.39. The number of carboxylic acids is 1. The molecule has 0 saturated heterocycles. The van der Waals surface area contributed by atoms with Gasteiger partial charge >= 0.3 is 5.97 Å². The van der Waals surface area contributed by atoms with Crippen LogP contribution in [0.3, 0.4) is 0 Å². The molecule has 106 valence electrons. The molecule has 0 radical (unpaired) electrons. The van der Waals surface area contributed by atoms with E-state index in [2.05, 4.69) is 19.2 Å². The molecule has 1 fully saturated rings. The highest BCUT2D eigenvalue weighted by Gasteiger charge is 2.30. The van der Waals surface area contributed by atoms with Crippen molar-refractivity contribution in [3.8, 4) is 0 Å². The number of aliphatic carboxylic acids is 1. The Kier molecular flexibility index (Phi) is 7.28. The van der Waals surface area contributed by atoms with Crippen molar-refractivity contribution in [2.24, 2.45) is 17.8 Å². The van der Waals surface area contributed by atoms with Gasteiger partial charge in [0.2, 0.25) is 0 Å². The molecular weight excluding hydrogens is 230 g/mol. The maximum Gasteiger partial charge on any atom is 0.306 e. The predicted molar refractivity (Wildman–Crippen MR) is 71.6 cm³/mol. The fourth-order valence-electron chi connectivity index (χ4n) is 2.53. The average molecular weight is 257 g/mol. The minimum Gasteiger partial charge on any atom is -0.481 e. The van der Waals surface area contributed by atoms with Crippen molar-refractivity contribution in [2.75, 3.05) is 26.3 Å². The number of carboxylic acid groups (broad SMARTS) is 1. The molecule has 0 aromatic rings. The van der Waals surface area contributed by atoms with E-state index in [0.717, 1.165) is 39.0 Å². The average Bonchev–Trinajstić information content (AvgIpc) is 2.33. The minimum absolute atomic E-state index is 0.150. The number of carbonyl (C=O) groups is 1. The van der Waals surface area contributed by atoms with Gasteiger partial charge in [-0.05, 0) is 31.2 Å². The molecule has 2 N–H and O–H groups in total. The molecule has 1 aliphatic rings. The van der Waals surface area contributed by atoms with Gasteiger partial charge in [-0.1, -0.05) is 26.7 Å². The fraction of sp³-hybridized carbons (Fsp3) is 0.929. The van der Waals surface area contributed by atoms with Crippen LogP contribution in [-0.4, -0.2) is 37.4 Å². The van der Waals surface area contributed by atoms with Crippen LogP contribution >= 0.6 is 0 Å². The number of hydrogen-bond donors (Lipinski definition) is 2. The zero-order valence-electron chi connectivity index (χ0n) is 11.7. The third-order valence-electron chi connectivity index (χ3n) is 3.51. The van der Waals surface area contributed by atoms with Crippen LogP contribution in [0.2, 0.25) is 0 Å². The first-order valence-electron chi connectivity index (χ1n) is 7.12. The topological polar surface area (TPSA) is 58.6 Å². The van der Waals surface area contributed by atoms with Crippen LogP contribution in [0.4, 0.5) is 0 Å². The van der Waals surface area contributed by atoms with Gasteiger partial charge in [-0.25, -0.2) is 0 Å². The summed E-state index contributed by atoms with van der Waals surface area (Å²) in [7, 11) is 0. The second-order valence-corrected chi connectivity index (χ2v) is 5.66. The standard InChI is InChI=1S/C14H27NO3/c1-11(2)10-18-8-7-15-9-12-5-3-4-6-13(12)14(16)17/h11-13,15H,3-10H2,1-2H3,(H,16,17). The van der Waals surface area contributed by atoms with E-state index in [9.17, 15) is 4.79 Å². The Balaban J connectivity index is 2.11. The van der Waals surface area contributed by atoms with Crippen LogP contribution in [0.5, 0.6) is 0 Å². The van der Waals surface area contributed by atoms with E-state index in [0.29, 0.717) is 18.4 Å². The second-order valence-electron chi connectivity index (χ2n) is 5.66. The lowest BCUT2D eigenvalue weighted by Crippen LogP contribution is -2.35. The van der Waals surface area contributed by atoms with Gasteiger partial charge in [-0.2, -0.15) is 0 Å². The Morgan fingerprint density at radius 3 is 2.78 bits per heavy atom. The lowest BCUT2D eigenvalue weighted by molar-refractivity contribution is -0.144. The summed E-state index contributed by atoms with van der Waals surface area (Å²) in [6, 6.07) is 0. The Bertz CT molecular complexity index is 243. The molecule has 1 saturated carbocycles. The molecule has 0 heterocycles. The summed E-state index contributed by atoms with van der Waals surface area (Å²) >= 11 is 0. The zero-order valence-corrected chi connectivity index (χ0v) is 11.7. The third-order valence-corrected chi connectivity index (χ3v) is 3.51. The van der Waals surface area contributed by atoms with E-state index >= 15 is 0 Å². The molecular formula is C14H27NO3. The lowest BCUT2D eigenvalue weighted by Gasteiger charge is -2.28. The van der Waals surface area contributed by atoms with Crippen molar-refractivity contribution in [3.05, 3.63) is 0 Å². The highest BCUT2D eigenvalue weighted by Crippen LogP contribution is 2.29. The molecule has 0 bridgehead atoms. The molecule has 0 aliphatic heterocycles. The SMILES string of the molecule is CC(C)COCCNCC1CCCCC1C(=O)O. The summed E-state index contributed by atoms with van der Waals surface area (Å²) in [4.78, 5) is 11.1. The molecule has 2 atom stereocenters. The highest BCUT2D eigenvalue weighted by molar-refractivity contribution is 5.70. The molecule has 4 nitrogen and oxygen atoms in total. The number of rotatable bonds is 8. The van der Waals surface area contributed by atoms with E-state index in [1.807, 2.05) is 0 Å². The molecule has 18 heavy (non-hydrogen) atoms. The Hall–Kier alpha value is -0.610. The Morgan fingerprint density at radius 2 is 2.11 bits per heavy atom. The van der Waals surface area contributed by atoms with Crippen LogP contribution in [-0.2, 0) is 9.53 Å². The van der Waals surface area contributed by atoms with Gasteiger partial charge in [0.25, 0.3) is 0 Å². The first-order chi connectivity index (χ1) is 8.61. The van der Waals surface area contributed by atoms with Gasteiger partial charge in [0, 0.05) is 13.2 Å². The maximum absolute atomic E-state index is 11.1. The molecule has 0 amide bonds. The first kappa shape index (κ1) is 15.4.